The topological polar surface area (TPSA) is 55.1 Å². The first-order valence-corrected chi connectivity index (χ1v) is 5.53. The number of halogens is 1. The van der Waals surface area contributed by atoms with Crippen molar-refractivity contribution in [1.82, 2.24) is 9.78 Å². The van der Waals surface area contributed by atoms with E-state index in [0.29, 0.717) is 10.9 Å². The van der Waals surface area contributed by atoms with Crippen LogP contribution in [-0.4, -0.2) is 26.6 Å². The molecule has 1 aromatic heterocycles. The van der Waals surface area contributed by atoms with Gasteiger partial charge in [-0.1, -0.05) is 11.6 Å². The number of hydrogen-bond donors (Lipinski definition) is 1. The summed E-state index contributed by atoms with van der Waals surface area (Å²) in [5.41, 5.74) is 1.77. The third-order valence-corrected chi connectivity index (χ3v) is 3.16. The van der Waals surface area contributed by atoms with Crippen LogP contribution in [0.1, 0.15) is 11.3 Å². The van der Waals surface area contributed by atoms with Gasteiger partial charge in [0.15, 0.2) is 0 Å². The van der Waals surface area contributed by atoms with Crippen LogP contribution in [0.5, 0.6) is 0 Å². The molecular formula is C8H11ClN2O2S. The van der Waals surface area contributed by atoms with Crippen LogP contribution in [0, 0.1) is 6.92 Å². The van der Waals surface area contributed by atoms with Gasteiger partial charge in [-0.25, -0.2) is 0 Å². The van der Waals surface area contributed by atoms with Crippen molar-refractivity contribution in [2.75, 3.05) is 5.75 Å². The zero-order valence-electron chi connectivity index (χ0n) is 7.95. The molecule has 0 bridgehead atoms. The molecule has 0 unspecified atom stereocenters. The van der Waals surface area contributed by atoms with Crippen LogP contribution in [0.4, 0.5) is 0 Å². The van der Waals surface area contributed by atoms with Gasteiger partial charge in [-0.15, -0.1) is 11.8 Å². The molecule has 0 atom stereocenters. The zero-order valence-corrected chi connectivity index (χ0v) is 9.52. The highest BCUT2D eigenvalue weighted by atomic mass is 35.5. The fraction of sp³-hybridized carbons (Fsp3) is 0.500. The maximum absolute atomic E-state index is 10.3. The Morgan fingerprint density at radius 1 is 1.71 bits per heavy atom. The number of aryl methyl sites for hydroxylation is 2. The lowest BCUT2D eigenvalue weighted by Gasteiger charge is -1.98. The summed E-state index contributed by atoms with van der Waals surface area (Å²) < 4.78 is 1.59. The highest BCUT2D eigenvalue weighted by molar-refractivity contribution is 7.99. The first-order chi connectivity index (χ1) is 6.52. The minimum absolute atomic E-state index is 0.0880. The molecule has 0 radical (unpaired) electrons. The quantitative estimate of drug-likeness (QED) is 0.862. The van der Waals surface area contributed by atoms with Gasteiger partial charge in [-0.05, 0) is 6.92 Å². The predicted octanol–water partition coefficient (Wildman–Crippen LogP) is 1.70. The maximum Gasteiger partial charge on any atom is 0.313 e. The van der Waals surface area contributed by atoms with E-state index in [2.05, 4.69) is 5.10 Å². The normalized spacial score (nSPS) is 10.5. The Balaban J connectivity index is 2.62. The molecule has 0 saturated carbocycles. The molecule has 0 aliphatic carbocycles. The zero-order chi connectivity index (χ0) is 10.7. The van der Waals surface area contributed by atoms with Crippen molar-refractivity contribution in [2.24, 2.45) is 7.05 Å². The molecule has 0 aromatic carbocycles. The number of thioether (sulfide) groups is 1. The number of carboxylic acids is 1. The van der Waals surface area contributed by atoms with Crippen molar-refractivity contribution in [2.45, 2.75) is 12.7 Å². The predicted molar refractivity (Wildman–Crippen MR) is 56.8 cm³/mol. The summed E-state index contributed by atoms with van der Waals surface area (Å²) in [5.74, 6) is -0.136. The van der Waals surface area contributed by atoms with E-state index in [-0.39, 0.29) is 5.75 Å². The van der Waals surface area contributed by atoms with Crippen LogP contribution in [-0.2, 0) is 17.6 Å². The molecule has 6 heteroatoms. The largest absolute Gasteiger partial charge is 0.481 e. The van der Waals surface area contributed by atoms with E-state index in [0.717, 1.165) is 11.3 Å². The highest BCUT2D eigenvalue weighted by Crippen LogP contribution is 2.23. The summed E-state index contributed by atoms with van der Waals surface area (Å²) in [6.07, 6.45) is 0. The molecule has 0 aliphatic rings. The first kappa shape index (κ1) is 11.4. The average Bonchev–Trinajstić information content (AvgIpc) is 2.31. The van der Waals surface area contributed by atoms with Crippen molar-refractivity contribution < 1.29 is 9.90 Å². The third kappa shape index (κ3) is 2.65. The molecular weight excluding hydrogens is 224 g/mol. The van der Waals surface area contributed by atoms with E-state index in [1.54, 1.807) is 11.7 Å². The Hall–Kier alpha value is -0.680. The van der Waals surface area contributed by atoms with Crippen molar-refractivity contribution in [3.8, 4) is 0 Å². The Labute approximate surface area is 91.2 Å². The van der Waals surface area contributed by atoms with E-state index in [1.807, 2.05) is 6.92 Å². The summed E-state index contributed by atoms with van der Waals surface area (Å²) in [7, 11) is 1.76. The van der Waals surface area contributed by atoms with Crippen molar-refractivity contribution >= 4 is 29.3 Å². The van der Waals surface area contributed by atoms with Crippen LogP contribution in [0.3, 0.4) is 0 Å². The fourth-order valence-electron chi connectivity index (χ4n) is 1.08. The van der Waals surface area contributed by atoms with Gasteiger partial charge in [0.25, 0.3) is 0 Å². The smallest absolute Gasteiger partial charge is 0.313 e. The number of aliphatic carboxylic acids is 1. The summed E-state index contributed by atoms with van der Waals surface area (Å²) in [5, 5.41) is 13.2. The van der Waals surface area contributed by atoms with E-state index in [1.165, 1.54) is 11.8 Å². The molecule has 4 nitrogen and oxygen atoms in total. The van der Waals surface area contributed by atoms with E-state index >= 15 is 0 Å². The second-order valence-electron chi connectivity index (χ2n) is 2.86. The number of carbonyl (C=O) groups is 1. The van der Waals surface area contributed by atoms with Gasteiger partial charge < -0.3 is 5.11 Å². The van der Waals surface area contributed by atoms with Gasteiger partial charge in [0.05, 0.1) is 11.4 Å². The number of carboxylic acid groups (broad SMARTS) is 1. The van der Waals surface area contributed by atoms with Crippen molar-refractivity contribution in [1.29, 1.82) is 0 Å². The molecule has 0 amide bonds. The lowest BCUT2D eigenvalue weighted by atomic mass is 10.3. The van der Waals surface area contributed by atoms with E-state index in [4.69, 9.17) is 16.7 Å². The van der Waals surface area contributed by atoms with Gasteiger partial charge in [-0.3, -0.25) is 9.48 Å². The Morgan fingerprint density at radius 3 is 2.79 bits per heavy atom. The lowest BCUT2D eigenvalue weighted by Crippen LogP contribution is -1.98. The lowest BCUT2D eigenvalue weighted by molar-refractivity contribution is -0.133. The van der Waals surface area contributed by atoms with Gasteiger partial charge in [0.2, 0.25) is 0 Å². The Bertz CT molecular complexity index is 351. The second kappa shape index (κ2) is 4.70. The van der Waals surface area contributed by atoms with E-state index in [9.17, 15) is 4.79 Å². The van der Waals surface area contributed by atoms with Crippen molar-refractivity contribution in [3.05, 3.63) is 16.4 Å². The van der Waals surface area contributed by atoms with Gasteiger partial charge in [0.1, 0.15) is 5.15 Å². The molecule has 1 N–H and O–H groups in total. The van der Waals surface area contributed by atoms with Crippen LogP contribution in [0.15, 0.2) is 0 Å². The van der Waals surface area contributed by atoms with Crippen LogP contribution in [0.2, 0.25) is 5.15 Å². The molecule has 0 spiro atoms. The Kier molecular flexibility index (Phi) is 3.83. The average molecular weight is 235 g/mol. The van der Waals surface area contributed by atoms with Crippen LogP contribution >= 0.6 is 23.4 Å². The molecule has 0 fully saturated rings. The van der Waals surface area contributed by atoms with Gasteiger partial charge in [-0.2, -0.15) is 5.10 Å². The number of hydrogen-bond acceptors (Lipinski definition) is 3. The standard InChI is InChI=1S/C8H11ClN2O2S/c1-5-6(3-14-4-7(12)13)8(9)11(2)10-5/h3-4H2,1-2H3,(H,12,13). The summed E-state index contributed by atoms with van der Waals surface area (Å²) in [4.78, 5) is 10.3. The Morgan fingerprint density at radius 2 is 2.36 bits per heavy atom. The van der Waals surface area contributed by atoms with Gasteiger partial charge >= 0.3 is 5.97 Å². The molecule has 1 rings (SSSR count). The molecule has 0 aliphatic heterocycles. The molecule has 1 heterocycles. The fourth-order valence-corrected chi connectivity index (χ4v) is 2.23. The number of nitrogens with zero attached hydrogens (tertiary/aromatic N) is 2. The van der Waals surface area contributed by atoms with Gasteiger partial charge in [0, 0.05) is 18.4 Å². The minimum Gasteiger partial charge on any atom is -0.481 e. The third-order valence-electron chi connectivity index (χ3n) is 1.74. The number of rotatable bonds is 4. The number of aromatic nitrogens is 2. The molecule has 14 heavy (non-hydrogen) atoms. The second-order valence-corrected chi connectivity index (χ2v) is 4.21. The molecule has 1 aromatic rings. The summed E-state index contributed by atoms with van der Waals surface area (Å²) in [6, 6.07) is 0. The summed E-state index contributed by atoms with van der Waals surface area (Å²) >= 11 is 7.29. The van der Waals surface area contributed by atoms with Crippen LogP contribution in [0.25, 0.3) is 0 Å². The van der Waals surface area contributed by atoms with Crippen molar-refractivity contribution in [3.63, 3.8) is 0 Å². The minimum atomic E-state index is -0.812. The maximum atomic E-state index is 10.3. The first-order valence-electron chi connectivity index (χ1n) is 4.00. The molecule has 0 saturated heterocycles. The summed E-state index contributed by atoms with van der Waals surface area (Å²) in [6.45, 7) is 1.86. The monoisotopic (exact) mass is 234 g/mol. The molecule has 78 valence electrons. The highest BCUT2D eigenvalue weighted by Gasteiger charge is 2.11. The SMILES string of the molecule is Cc1nn(C)c(Cl)c1CSCC(=O)O. The van der Waals surface area contributed by atoms with E-state index < -0.39 is 5.97 Å². The van der Waals surface area contributed by atoms with Crippen LogP contribution < -0.4 is 0 Å².